The van der Waals surface area contributed by atoms with Gasteiger partial charge in [0.2, 0.25) is 0 Å². The molecule has 2 aliphatic heterocycles. The van der Waals surface area contributed by atoms with Crippen molar-refractivity contribution in [2.45, 2.75) is 51.1 Å². The number of rotatable bonds is 4. The first-order valence-corrected chi connectivity index (χ1v) is 7.90. The molecule has 6 heteroatoms. The lowest BCUT2D eigenvalue weighted by molar-refractivity contribution is -0.147. The number of hydrogen-bond donors (Lipinski definition) is 1. The summed E-state index contributed by atoms with van der Waals surface area (Å²) in [6.07, 6.45) is 3.58. The van der Waals surface area contributed by atoms with Gasteiger partial charge in [-0.25, -0.2) is 9.59 Å². The van der Waals surface area contributed by atoms with Gasteiger partial charge in [-0.1, -0.05) is 6.92 Å². The summed E-state index contributed by atoms with van der Waals surface area (Å²) in [5.74, 6) is -0.905. The highest BCUT2D eigenvalue weighted by molar-refractivity contribution is 5.86. The number of carbonyl (C=O) groups excluding carboxylic acids is 1. The normalized spacial score (nSPS) is 29.9. The zero-order valence-electron chi connectivity index (χ0n) is 13.3. The van der Waals surface area contributed by atoms with E-state index in [-0.39, 0.29) is 6.03 Å². The number of likely N-dealkylation sites (tertiary alicyclic amines) is 2. The molecule has 0 spiro atoms. The van der Waals surface area contributed by atoms with Crippen LogP contribution in [-0.4, -0.2) is 76.6 Å². The lowest BCUT2D eigenvalue weighted by Crippen LogP contribution is -2.55. The van der Waals surface area contributed by atoms with Gasteiger partial charge in [0.15, 0.2) is 0 Å². The van der Waals surface area contributed by atoms with Crippen molar-refractivity contribution in [2.24, 2.45) is 0 Å². The van der Waals surface area contributed by atoms with Crippen LogP contribution in [0.2, 0.25) is 0 Å². The van der Waals surface area contributed by atoms with Crippen molar-refractivity contribution in [3.05, 3.63) is 0 Å². The first-order chi connectivity index (χ1) is 9.90. The van der Waals surface area contributed by atoms with Crippen LogP contribution in [-0.2, 0) is 4.79 Å². The number of aliphatic carboxylic acids is 1. The van der Waals surface area contributed by atoms with E-state index in [0.29, 0.717) is 25.6 Å². The first kappa shape index (κ1) is 16.1. The molecule has 6 nitrogen and oxygen atoms in total. The summed E-state index contributed by atoms with van der Waals surface area (Å²) in [4.78, 5) is 29.7. The maximum Gasteiger partial charge on any atom is 0.329 e. The molecule has 0 bridgehead atoms. The van der Waals surface area contributed by atoms with Crippen molar-refractivity contribution in [1.82, 2.24) is 14.7 Å². The van der Waals surface area contributed by atoms with Crippen LogP contribution in [0.5, 0.6) is 0 Å². The Morgan fingerprint density at radius 3 is 2.67 bits per heavy atom. The highest BCUT2D eigenvalue weighted by Gasteiger charge is 2.47. The van der Waals surface area contributed by atoms with Gasteiger partial charge in [-0.3, -0.25) is 4.90 Å². The number of likely N-dealkylation sites (N-methyl/N-ethyl adjacent to an activating group) is 2. The topological polar surface area (TPSA) is 64.1 Å². The molecule has 0 aliphatic carbocycles. The largest absolute Gasteiger partial charge is 0.480 e. The number of hydrogen-bond acceptors (Lipinski definition) is 3. The van der Waals surface area contributed by atoms with Crippen LogP contribution in [0, 0.1) is 0 Å². The molecule has 0 aromatic carbocycles. The lowest BCUT2D eigenvalue weighted by atomic mass is 10.00. The Morgan fingerprint density at radius 2 is 2.05 bits per heavy atom. The predicted octanol–water partition coefficient (Wildman–Crippen LogP) is 1.46. The molecule has 2 saturated heterocycles. The maximum atomic E-state index is 12.6. The van der Waals surface area contributed by atoms with Crippen LogP contribution in [0.1, 0.15) is 39.5 Å². The SMILES string of the molecule is CCN1CCCC1CN(C)C(=O)N1CCCC1(C)C(=O)O. The number of carboxylic acids is 1. The summed E-state index contributed by atoms with van der Waals surface area (Å²) in [6.45, 7) is 7.11. The molecule has 0 radical (unpaired) electrons. The van der Waals surface area contributed by atoms with Gasteiger partial charge in [-0.05, 0) is 45.7 Å². The van der Waals surface area contributed by atoms with E-state index in [1.165, 1.54) is 11.3 Å². The zero-order chi connectivity index (χ0) is 15.6. The van der Waals surface area contributed by atoms with E-state index in [9.17, 15) is 14.7 Å². The Kier molecular flexibility index (Phi) is 4.76. The maximum absolute atomic E-state index is 12.6. The van der Waals surface area contributed by atoms with Crippen molar-refractivity contribution < 1.29 is 14.7 Å². The fraction of sp³-hybridized carbons (Fsp3) is 0.867. The third kappa shape index (κ3) is 3.00. The second-order valence-electron chi connectivity index (χ2n) is 6.42. The quantitative estimate of drug-likeness (QED) is 0.853. The summed E-state index contributed by atoms with van der Waals surface area (Å²) < 4.78 is 0. The molecule has 1 N–H and O–H groups in total. The van der Waals surface area contributed by atoms with Gasteiger partial charge >= 0.3 is 12.0 Å². The third-order valence-corrected chi connectivity index (χ3v) is 5.05. The van der Waals surface area contributed by atoms with E-state index in [1.807, 2.05) is 0 Å². The Balaban J connectivity index is 2.00. The molecule has 0 aromatic heterocycles. The smallest absolute Gasteiger partial charge is 0.329 e. The molecule has 0 aromatic rings. The molecular weight excluding hydrogens is 270 g/mol. The van der Waals surface area contributed by atoms with Gasteiger partial charge in [0.05, 0.1) is 0 Å². The fourth-order valence-electron chi connectivity index (χ4n) is 3.61. The highest BCUT2D eigenvalue weighted by atomic mass is 16.4. The Labute approximate surface area is 126 Å². The van der Waals surface area contributed by atoms with E-state index >= 15 is 0 Å². The van der Waals surface area contributed by atoms with Crippen molar-refractivity contribution in [3.63, 3.8) is 0 Å². The van der Waals surface area contributed by atoms with Crippen LogP contribution in [0.25, 0.3) is 0 Å². The lowest BCUT2D eigenvalue weighted by Gasteiger charge is -2.36. The van der Waals surface area contributed by atoms with Crippen molar-refractivity contribution in [3.8, 4) is 0 Å². The van der Waals surface area contributed by atoms with Crippen molar-refractivity contribution >= 4 is 12.0 Å². The fourth-order valence-corrected chi connectivity index (χ4v) is 3.61. The van der Waals surface area contributed by atoms with Crippen LogP contribution in [0.3, 0.4) is 0 Å². The molecule has 21 heavy (non-hydrogen) atoms. The standard InChI is InChI=1S/C15H27N3O3/c1-4-17-9-5-7-12(17)11-16(3)14(21)18-10-6-8-15(18,2)13(19)20/h12H,4-11H2,1-3H3,(H,19,20). The molecular formula is C15H27N3O3. The monoisotopic (exact) mass is 297 g/mol. The molecule has 2 rings (SSSR count). The average Bonchev–Trinajstić information content (AvgIpc) is 3.05. The number of carbonyl (C=O) groups is 2. The van der Waals surface area contributed by atoms with Gasteiger partial charge in [0.1, 0.15) is 5.54 Å². The minimum absolute atomic E-state index is 0.152. The number of amides is 2. The molecule has 0 saturated carbocycles. The minimum atomic E-state index is -1.05. The Bertz CT molecular complexity index is 415. The van der Waals surface area contributed by atoms with Gasteiger partial charge in [0, 0.05) is 26.2 Å². The summed E-state index contributed by atoms with van der Waals surface area (Å²) in [6, 6.07) is 0.253. The van der Waals surface area contributed by atoms with Crippen LogP contribution in [0.4, 0.5) is 4.79 Å². The zero-order valence-corrected chi connectivity index (χ0v) is 13.3. The predicted molar refractivity (Wildman–Crippen MR) is 80.3 cm³/mol. The molecule has 2 amide bonds. The van der Waals surface area contributed by atoms with E-state index in [0.717, 1.165) is 25.9 Å². The third-order valence-electron chi connectivity index (χ3n) is 5.05. The number of carboxylic acid groups (broad SMARTS) is 1. The summed E-state index contributed by atoms with van der Waals surface area (Å²) in [5.41, 5.74) is -1.05. The highest BCUT2D eigenvalue weighted by Crippen LogP contribution is 2.30. The molecule has 2 atom stereocenters. The second-order valence-corrected chi connectivity index (χ2v) is 6.42. The molecule has 2 unspecified atom stereocenters. The Hall–Kier alpha value is -1.30. The average molecular weight is 297 g/mol. The van der Waals surface area contributed by atoms with E-state index in [1.54, 1.807) is 18.9 Å². The summed E-state index contributed by atoms with van der Waals surface area (Å²) in [7, 11) is 1.79. The van der Waals surface area contributed by atoms with Gasteiger partial charge in [-0.15, -0.1) is 0 Å². The molecule has 2 heterocycles. The molecule has 2 aliphatic rings. The molecule has 2 fully saturated rings. The van der Waals surface area contributed by atoms with E-state index in [2.05, 4.69) is 11.8 Å². The first-order valence-electron chi connectivity index (χ1n) is 7.90. The number of nitrogens with zero attached hydrogens (tertiary/aromatic N) is 3. The summed E-state index contributed by atoms with van der Waals surface area (Å²) in [5, 5.41) is 9.42. The summed E-state index contributed by atoms with van der Waals surface area (Å²) >= 11 is 0. The van der Waals surface area contributed by atoms with Crippen molar-refractivity contribution in [1.29, 1.82) is 0 Å². The molecule has 120 valence electrons. The van der Waals surface area contributed by atoms with Gasteiger partial charge in [0.25, 0.3) is 0 Å². The van der Waals surface area contributed by atoms with E-state index < -0.39 is 11.5 Å². The Morgan fingerprint density at radius 1 is 1.33 bits per heavy atom. The second kappa shape index (κ2) is 6.22. The van der Waals surface area contributed by atoms with E-state index in [4.69, 9.17) is 0 Å². The van der Waals surface area contributed by atoms with Gasteiger partial charge < -0.3 is 14.9 Å². The minimum Gasteiger partial charge on any atom is -0.480 e. The van der Waals surface area contributed by atoms with Crippen LogP contribution in [0.15, 0.2) is 0 Å². The van der Waals surface area contributed by atoms with Crippen molar-refractivity contribution in [2.75, 3.05) is 33.2 Å². The van der Waals surface area contributed by atoms with Gasteiger partial charge in [-0.2, -0.15) is 0 Å². The number of urea groups is 1. The van der Waals surface area contributed by atoms with Crippen LogP contribution >= 0.6 is 0 Å². The van der Waals surface area contributed by atoms with Crippen LogP contribution < -0.4 is 0 Å².